The minimum Gasteiger partial charge on any atom is -0.298 e. The van der Waals surface area contributed by atoms with Crippen molar-refractivity contribution in [3.8, 4) is 0 Å². The molecule has 5 heteroatoms. The molecular weight excluding hydrogens is 177 g/mol. The smallest absolute Gasteiger partial charge is 0.298 e. The van der Waals surface area contributed by atoms with Crippen molar-refractivity contribution in [2.24, 2.45) is 0 Å². The Morgan fingerprint density at radius 2 is 2.15 bits per heavy atom. The van der Waals surface area contributed by atoms with Gasteiger partial charge in [0, 0.05) is 6.07 Å². The summed E-state index contributed by atoms with van der Waals surface area (Å²) < 4.78 is 13.1. The van der Waals surface area contributed by atoms with E-state index in [1.807, 2.05) is 0 Å². The number of hydrogen-bond donors (Lipinski definition) is 0. The average molecular weight is 183 g/mol. The number of aldehydes is 1. The number of carbonyl (C=O) groups excluding carboxylic acids is 1. The Morgan fingerprint density at radius 3 is 2.62 bits per heavy atom. The number of carbonyl (C=O) groups is 1. The maximum atomic E-state index is 13.1. The number of hydrogen-bond acceptors (Lipinski definition) is 3. The van der Waals surface area contributed by atoms with E-state index in [2.05, 4.69) is 0 Å². The van der Waals surface area contributed by atoms with Crippen molar-refractivity contribution in [3.63, 3.8) is 0 Å². The number of nitro groups is 1. The molecule has 0 radical (unpaired) electrons. The topological polar surface area (TPSA) is 60.2 Å². The van der Waals surface area contributed by atoms with Gasteiger partial charge in [-0.15, -0.1) is 0 Å². The van der Waals surface area contributed by atoms with Gasteiger partial charge in [-0.25, -0.2) is 0 Å². The molecule has 0 atom stereocenters. The molecule has 1 aromatic rings. The van der Waals surface area contributed by atoms with Crippen molar-refractivity contribution in [2.45, 2.75) is 6.92 Å². The average Bonchev–Trinajstić information content (AvgIpc) is 2.04. The van der Waals surface area contributed by atoms with Crippen LogP contribution in [0.25, 0.3) is 0 Å². The maximum absolute atomic E-state index is 13.1. The fourth-order valence-electron chi connectivity index (χ4n) is 0.964. The van der Waals surface area contributed by atoms with E-state index in [-0.39, 0.29) is 11.8 Å². The maximum Gasteiger partial charge on any atom is 0.305 e. The van der Waals surface area contributed by atoms with E-state index < -0.39 is 16.4 Å². The van der Waals surface area contributed by atoms with Crippen molar-refractivity contribution in [1.82, 2.24) is 0 Å². The van der Waals surface area contributed by atoms with Gasteiger partial charge in [0.2, 0.25) is 5.82 Å². The van der Waals surface area contributed by atoms with Crippen molar-refractivity contribution < 1.29 is 14.1 Å². The molecule has 0 fully saturated rings. The molecule has 1 rings (SSSR count). The summed E-state index contributed by atoms with van der Waals surface area (Å²) in [5.74, 6) is -1.07. The highest BCUT2D eigenvalue weighted by atomic mass is 19.1. The van der Waals surface area contributed by atoms with Gasteiger partial charge in [-0.2, -0.15) is 4.39 Å². The zero-order valence-electron chi connectivity index (χ0n) is 6.78. The monoisotopic (exact) mass is 183 g/mol. The van der Waals surface area contributed by atoms with Gasteiger partial charge in [0.05, 0.1) is 10.5 Å². The van der Waals surface area contributed by atoms with E-state index in [0.717, 1.165) is 6.07 Å². The van der Waals surface area contributed by atoms with Crippen LogP contribution in [0.1, 0.15) is 15.9 Å². The zero-order chi connectivity index (χ0) is 10.0. The molecule has 0 bridgehead atoms. The largest absolute Gasteiger partial charge is 0.305 e. The Hall–Kier alpha value is -1.78. The van der Waals surface area contributed by atoms with E-state index in [0.29, 0.717) is 5.56 Å². The molecular formula is C8H6FNO3. The molecule has 0 saturated carbocycles. The van der Waals surface area contributed by atoms with Crippen LogP contribution in [-0.2, 0) is 0 Å². The van der Waals surface area contributed by atoms with Gasteiger partial charge in [-0.1, -0.05) is 6.07 Å². The number of nitrogens with zero attached hydrogens (tertiary/aromatic N) is 1. The highest BCUT2D eigenvalue weighted by Crippen LogP contribution is 2.21. The van der Waals surface area contributed by atoms with Gasteiger partial charge in [0.25, 0.3) is 0 Å². The van der Waals surface area contributed by atoms with Crippen molar-refractivity contribution in [3.05, 3.63) is 39.2 Å². The highest BCUT2D eigenvalue weighted by Gasteiger charge is 2.18. The second-order valence-electron chi connectivity index (χ2n) is 2.50. The summed E-state index contributed by atoms with van der Waals surface area (Å²) in [6.07, 6.45) is 0.275. The van der Waals surface area contributed by atoms with Crippen LogP contribution < -0.4 is 0 Å². The summed E-state index contributed by atoms with van der Waals surface area (Å²) in [6.45, 7) is 1.51. The fraction of sp³-hybridized carbons (Fsp3) is 0.125. The number of aryl methyl sites for hydroxylation is 1. The minimum atomic E-state index is -1.07. The lowest BCUT2D eigenvalue weighted by Crippen LogP contribution is -1.98. The molecule has 0 saturated heterocycles. The van der Waals surface area contributed by atoms with Crippen LogP contribution in [0, 0.1) is 22.9 Å². The standard InChI is InChI=1S/C8H6FNO3/c1-5-2-3-7(10(12)13)8(9)6(5)4-11/h2-4H,1H3. The molecule has 0 aliphatic rings. The predicted molar refractivity (Wildman–Crippen MR) is 43.2 cm³/mol. The summed E-state index contributed by atoms with van der Waals surface area (Å²) in [5.41, 5.74) is -0.542. The Kier molecular flexibility index (Phi) is 2.36. The number of nitro benzene ring substituents is 1. The first-order chi connectivity index (χ1) is 6.07. The van der Waals surface area contributed by atoms with Crippen molar-refractivity contribution in [1.29, 1.82) is 0 Å². The molecule has 4 nitrogen and oxygen atoms in total. The van der Waals surface area contributed by atoms with Crippen molar-refractivity contribution >= 4 is 12.0 Å². The molecule has 1 aromatic carbocycles. The molecule has 0 amide bonds. The summed E-state index contributed by atoms with van der Waals surface area (Å²) >= 11 is 0. The van der Waals surface area contributed by atoms with Gasteiger partial charge < -0.3 is 0 Å². The van der Waals surface area contributed by atoms with Gasteiger partial charge in [-0.05, 0) is 12.5 Å². The van der Waals surface area contributed by atoms with Crippen LogP contribution in [-0.4, -0.2) is 11.2 Å². The van der Waals surface area contributed by atoms with Gasteiger partial charge in [0.15, 0.2) is 6.29 Å². The molecule has 0 unspecified atom stereocenters. The molecule has 0 N–H and O–H groups in total. The Bertz CT molecular complexity index is 376. The third kappa shape index (κ3) is 1.53. The van der Waals surface area contributed by atoms with Gasteiger partial charge >= 0.3 is 5.69 Å². The lowest BCUT2D eigenvalue weighted by Gasteiger charge is -1.99. The van der Waals surface area contributed by atoms with E-state index in [1.165, 1.54) is 13.0 Å². The summed E-state index contributed by atoms with van der Waals surface area (Å²) in [4.78, 5) is 19.8. The quantitative estimate of drug-likeness (QED) is 0.399. The second-order valence-corrected chi connectivity index (χ2v) is 2.50. The van der Waals surface area contributed by atoms with E-state index in [1.54, 1.807) is 0 Å². The lowest BCUT2D eigenvalue weighted by molar-refractivity contribution is -0.387. The second kappa shape index (κ2) is 3.30. The normalized spacial score (nSPS) is 9.69. The minimum absolute atomic E-state index is 0.255. The summed E-state index contributed by atoms with van der Waals surface area (Å²) in [7, 11) is 0. The molecule has 13 heavy (non-hydrogen) atoms. The molecule has 0 aliphatic carbocycles. The van der Waals surface area contributed by atoms with Crippen LogP contribution in [0.2, 0.25) is 0 Å². The van der Waals surface area contributed by atoms with Gasteiger partial charge in [-0.3, -0.25) is 14.9 Å². The first-order valence-electron chi connectivity index (χ1n) is 3.46. The first-order valence-corrected chi connectivity index (χ1v) is 3.46. The van der Waals surface area contributed by atoms with Crippen LogP contribution in [0.4, 0.5) is 10.1 Å². The molecule has 0 spiro atoms. The van der Waals surface area contributed by atoms with Crippen molar-refractivity contribution in [2.75, 3.05) is 0 Å². The van der Waals surface area contributed by atoms with Crippen LogP contribution in [0.5, 0.6) is 0 Å². The SMILES string of the molecule is Cc1ccc([N+](=O)[O-])c(F)c1C=O. The van der Waals surface area contributed by atoms with Crippen LogP contribution in [0.15, 0.2) is 12.1 Å². The van der Waals surface area contributed by atoms with E-state index in [4.69, 9.17) is 0 Å². The number of benzene rings is 1. The molecule has 0 heterocycles. The lowest BCUT2D eigenvalue weighted by atomic mass is 10.1. The number of halogens is 1. The van der Waals surface area contributed by atoms with E-state index in [9.17, 15) is 19.3 Å². The molecule has 68 valence electrons. The Balaban J connectivity index is 3.44. The highest BCUT2D eigenvalue weighted by molar-refractivity contribution is 5.79. The third-order valence-electron chi connectivity index (χ3n) is 1.69. The molecule has 0 aliphatic heterocycles. The van der Waals surface area contributed by atoms with E-state index >= 15 is 0 Å². The Labute approximate surface area is 73.1 Å². The Morgan fingerprint density at radius 1 is 1.54 bits per heavy atom. The predicted octanol–water partition coefficient (Wildman–Crippen LogP) is 1.85. The molecule has 0 aromatic heterocycles. The third-order valence-corrected chi connectivity index (χ3v) is 1.69. The number of rotatable bonds is 2. The summed E-state index contributed by atoms with van der Waals surface area (Å²) in [5, 5.41) is 10.3. The fourth-order valence-corrected chi connectivity index (χ4v) is 0.964. The summed E-state index contributed by atoms with van der Waals surface area (Å²) in [6, 6.07) is 2.38. The van der Waals surface area contributed by atoms with Crippen LogP contribution >= 0.6 is 0 Å². The zero-order valence-corrected chi connectivity index (χ0v) is 6.78. The van der Waals surface area contributed by atoms with Gasteiger partial charge in [0.1, 0.15) is 0 Å². The first kappa shape index (κ1) is 9.31. The van der Waals surface area contributed by atoms with Crippen LogP contribution in [0.3, 0.4) is 0 Å².